The fraction of sp³-hybridized carbons (Fsp3) is 0.375. The zero-order valence-corrected chi connectivity index (χ0v) is 17.4. The van der Waals surface area contributed by atoms with Crippen molar-refractivity contribution in [1.82, 2.24) is 9.80 Å². The van der Waals surface area contributed by atoms with Gasteiger partial charge in [0, 0.05) is 32.7 Å². The molecule has 154 valence electrons. The summed E-state index contributed by atoms with van der Waals surface area (Å²) in [4.78, 5) is 16.9. The van der Waals surface area contributed by atoms with Gasteiger partial charge < -0.3 is 14.4 Å². The van der Waals surface area contributed by atoms with Gasteiger partial charge in [-0.25, -0.2) is 0 Å². The van der Waals surface area contributed by atoms with E-state index < -0.39 is 0 Å². The van der Waals surface area contributed by atoms with Crippen LogP contribution < -0.4 is 9.47 Å². The third-order valence-electron chi connectivity index (χ3n) is 5.34. The number of allylic oxidation sites excluding steroid dienone is 1. The first-order valence-electron chi connectivity index (χ1n) is 10.1. The van der Waals surface area contributed by atoms with Gasteiger partial charge in [0.1, 0.15) is 0 Å². The van der Waals surface area contributed by atoms with Crippen LogP contribution in [-0.4, -0.2) is 55.6 Å². The van der Waals surface area contributed by atoms with Gasteiger partial charge >= 0.3 is 0 Å². The zero-order valence-electron chi connectivity index (χ0n) is 17.4. The van der Waals surface area contributed by atoms with E-state index in [4.69, 9.17) is 9.47 Å². The van der Waals surface area contributed by atoms with Crippen LogP contribution in [0.15, 0.2) is 55.1 Å². The van der Waals surface area contributed by atoms with Crippen LogP contribution in [0.3, 0.4) is 0 Å². The third-order valence-corrected chi connectivity index (χ3v) is 5.34. The van der Waals surface area contributed by atoms with Crippen molar-refractivity contribution in [1.29, 1.82) is 0 Å². The van der Waals surface area contributed by atoms with E-state index in [1.165, 1.54) is 11.1 Å². The van der Waals surface area contributed by atoms with Crippen LogP contribution in [0, 0.1) is 6.92 Å². The summed E-state index contributed by atoms with van der Waals surface area (Å²) in [5.41, 5.74) is 3.76. The molecule has 3 rings (SSSR count). The van der Waals surface area contributed by atoms with E-state index in [9.17, 15) is 4.79 Å². The molecule has 0 bridgehead atoms. The van der Waals surface area contributed by atoms with Crippen LogP contribution in [0.25, 0.3) is 0 Å². The standard InChI is InChI=1S/C24H30N2O3/c1-4-7-20-10-11-22(23(16-20)28-3)29-18-24(27)26-14-12-25(13-15-26)17-21-9-6-5-8-19(21)2/h4-6,8-11,16H,1,7,12-15,17-18H2,2-3H3. The monoisotopic (exact) mass is 394 g/mol. The first-order valence-corrected chi connectivity index (χ1v) is 10.1. The SMILES string of the molecule is C=CCc1ccc(OCC(=O)N2CCN(Cc3ccccc3C)CC2)c(OC)c1. The minimum Gasteiger partial charge on any atom is -0.493 e. The van der Waals surface area contributed by atoms with E-state index in [-0.39, 0.29) is 12.5 Å². The molecule has 2 aromatic rings. The number of carbonyl (C=O) groups excluding carboxylic acids is 1. The largest absolute Gasteiger partial charge is 0.493 e. The third kappa shape index (κ3) is 5.61. The van der Waals surface area contributed by atoms with Gasteiger partial charge in [-0.05, 0) is 42.2 Å². The van der Waals surface area contributed by atoms with Crippen LogP contribution in [-0.2, 0) is 17.8 Å². The predicted molar refractivity (Wildman–Crippen MR) is 115 cm³/mol. The molecule has 0 aliphatic carbocycles. The molecule has 5 nitrogen and oxygen atoms in total. The van der Waals surface area contributed by atoms with E-state index in [1.54, 1.807) is 7.11 Å². The van der Waals surface area contributed by atoms with E-state index in [0.717, 1.165) is 44.7 Å². The lowest BCUT2D eigenvalue weighted by molar-refractivity contribution is -0.135. The second-order valence-corrected chi connectivity index (χ2v) is 7.35. The van der Waals surface area contributed by atoms with E-state index >= 15 is 0 Å². The fourth-order valence-electron chi connectivity index (χ4n) is 3.54. The first kappa shape index (κ1) is 20.9. The Morgan fingerprint density at radius 1 is 1.10 bits per heavy atom. The Balaban J connectivity index is 1.49. The van der Waals surface area contributed by atoms with Gasteiger partial charge in [-0.2, -0.15) is 0 Å². The summed E-state index contributed by atoms with van der Waals surface area (Å²) in [7, 11) is 1.61. The molecule has 0 unspecified atom stereocenters. The number of rotatable bonds is 8. The molecular weight excluding hydrogens is 364 g/mol. The molecule has 0 saturated carbocycles. The molecule has 0 spiro atoms. The Morgan fingerprint density at radius 2 is 1.86 bits per heavy atom. The molecule has 0 atom stereocenters. The minimum atomic E-state index is 0.0118. The second-order valence-electron chi connectivity index (χ2n) is 7.35. The number of ether oxygens (including phenoxy) is 2. The van der Waals surface area contributed by atoms with Crippen LogP contribution in [0.4, 0.5) is 0 Å². The molecule has 1 aliphatic heterocycles. The average Bonchev–Trinajstić information content (AvgIpc) is 2.75. The van der Waals surface area contributed by atoms with Crippen molar-refractivity contribution >= 4 is 5.91 Å². The van der Waals surface area contributed by atoms with Gasteiger partial charge in [-0.3, -0.25) is 9.69 Å². The van der Waals surface area contributed by atoms with Crippen LogP contribution >= 0.6 is 0 Å². The molecule has 1 amide bonds. The summed E-state index contributed by atoms with van der Waals surface area (Å²) < 4.78 is 11.2. The number of nitrogens with zero attached hydrogens (tertiary/aromatic N) is 2. The van der Waals surface area contributed by atoms with Crippen LogP contribution in [0.1, 0.15) is 16.7 Å². The van der Waals surface area contributed by atoms with Crippen molar-refractivity contribution in [2.45, 2.75) is 19.9 Å². The van der Waals surface area contributed by atoms with Crippen molar-refractivity contribution < 1.29 is 14.3 Å². The normalized spacial score (nSPS) is 14.5. The summed E-state index contributed by atoms with van der Waals surface area (Å²) in [5.74, 6) is 1.24. The van der Waals surface area contributed by atoms with E-state index in [1.807, 2.05) is 29.2 Å². The van der Waals surface area contributed by atoms with Crippen molar-refractivity contribution in [2.75, 3.05) is 39.9 Å². The molecule has 1 fully saturated rings. The molecule has 29 heavy (non-hydrogen) atoms. The minimum absolute atomic E-state index is 0.0118. The number of carbonyl (C=O) groups is 1. The van der Waals surface area contributed by atoms with Gasteiger partial charge in [0.05, 0.1) is 7.11 Å². The van der Waals surface area contributed by atoms with Gasteiger partial charge in [-0.1, -0.05) is 36.4 Å². The molecule has 0 N–H and O–H groups in total. The highest BCUT2D eigenvalue weighted by Gasteiger charge is 2.22. The number of methoxy groups -OCH3 is 1. The van der Waals surface area contributed by atoms with Gasteiger partial charge in [0.25, 0.3) is 5.91 Å². The van der Waals surface area contributed by atoms with Gasteiger partial charge in [-0.15, -0.1) is 6.58 Å². The molecule has 0 aromatic heterocycles. The lowest BCUT2D eigenvalue weighted by Crippen LogP contribution is -2.49. The molecule has 1 aliphatic rings. The maximum Gasteiger partial charge on any atom is 0.260 e. The summed E-state index contributed by atoms with van der Waals surface area (Å²) in [6, 6.07) is 14.2. The number of benzene rings is 2. The molecule has 1 saturated heterocycles. The number of piperazine rings is 1. The highest BCUT2D eigenvalue weighted by Crippen LogP contribution is 2.28. The second kappa shape index (κ2) is 10.1. The van der Waals surface area contributed by atoms with Gasteiger partial charge in [0.15, 0.2) is 18.1 Å². The molecular formula is C24H30N2O3. The fourth-order valence-corrected chi connectivity index (χ4v) is 3.54. The lowest BCUT2D eigenvalue weighted by atomic mass is 10.1. The smallest absolute Gasteiger partial charge is 0.260 e. The Labute approximate surface area is 173 Å². The first-order chi connectivity index (χ1) is 14.1. The van der Waals surface area contributed by atoms with Crippen LogP contribution in [0.5, 0.6) is 11.5 Å². The molecule has 2 aromatic carbocycles. The Kier molecular flexibility index (Phi) is 7.30. The molecule has 0 radical (unpaired) electrons. The number of hydrogen-bond acceptors (Lipinski definition) is 4. The van der Waals surface area contributed by atoms with Crippen molar-refractivity contribution in [2.24, 2.45) is 0 Å². The number of aryl methyl sites for hydroxylation is 1. The average molecular weight is 395 g/mol. The van der Waals surface area contributed by atoms with E-state index in [2.05, 4.69) is 42.7 Å². The van der Waals surface area contributed by atoms with Crippen molar-refractivity contribution in [3.63, 3.8) is 0 Å². The summed E-state index contributed by atoms with van der Waals surface area (Å²) in [6.07, 6.45) is 2.61. The Bertz CT molecular complexity index is 842. The zero-order chi connectivity index (χ0) is 20.6. The Hall–Kier alpha value is -2.79. The topological polar surface area (TPSA) is 42.0 Å². The summed E-state index contributed by atoms with van der Waals surface area (Å²) in [6.45, 7) is 10.0. The molecule has 1 heterocycles. The summed E-state index contributed by atoms with van der Waals surface area (Å²) in [5, 5.41) is 0. The number of hydrogen-bond donors (Lipinski definition) is 0. The van der Waals surface area contributed by atoms with Gasteiger partial charge in [0.2, 0.25) is 0 Å². The van der Waals surface area contributed by atoms with E-state index in [0.29, 0.717) is 11.5 Å². The predicted octanol–water partition coefficient (Wildman–Crippen LogP) is 3.46. The number of amides is 1. The van der Waals surface area contributed by atoms with Crippen molar-refractivity contribution in [3.8, 4) is 11.5 Å². The van der Waals surface area contributed by atoms with Crippen molar-refractivity contribution in [3.05, 3.63) is 71.8 Å². The highest BCUT2D eigenvalue weighted by atomic mass is 16.5. The molecule has 5 heteroatoms. The quantitative estimate of drug-likeness (QED) is 0.643. The highest BCUT2D eigenvalue weighted by molar-refractivity contribution is 5.78. The lowest BCUT2D eigenvalue weighted by Gasteiger charge is -2.35. The maximum atomic E-state index is 12.6. The maximum absolute atomic E-state index is 12.6. The van der Waals surface area contributed by atoms with Crippen LogP contribution in [0.2, 0.25) is 0 Å². The summed E-state index contributed by atoms with van der Waals surface area (Å²) >= 11 is 0. The Morgan fingerprint density at radius 3 is 2.55 bits per heavy atom.